The summed E-state index contributed by atoms with van der Waals surface area (Å²) < 4.78 is 4.37. The minimum absolute atomic E-state index is 0.146. The van der Waals surface area contributed by atoms with E-state index in [0.29, 0.717) is 0 Å². The zero-order valence-corrected chi connectivity index (χ0v) is 6.51. The Morgan fingerprint density at radius 1 is 1.70 bits per heavy atom. The Labute approximate surface area is 63.7 Å². The number of ether oxygens (including phenoxy) is 1. The van der Waals surface area contributed by atoms with Gasteiger partial charge < -0.3 is 4.74 Å². The molecule has 0 aliphatic rings. The average Bonchev–Trinajstić information content (AvgIpc) is 1.85. The Morgan fingerprint density at radius 2 is 2.30 bits per heavy atom. The van der Waals surface area contributed by atoms with E-state index in [1.165, 1.54) is 6.92 Å². The fourth-order valence-corrected chi connectivity index (χ4v) is 0.279. The average molecular weight is 166 g/mol. The van der Waals surface area contributed by atoms with E-state index in [-0.39, 0.29) is 11.8 Å². The van der Waals surface area contributed by atoms with Crippen LogP contribution in [0.4, 0.5) is 4.79 Å². The Kier molecular flexibility index (Phi) is 4.66. The van der Waals surface area contributed by atoms with Crippen molar-refractivity contribution in [1.29, 1.82) is 0 Å². The van der Waals surface area contributed by atoms with E-state index < -0.39 is 6.16 Å². The van der Waals surface area contributed by atoms with Crippen LogP contribution >= 0.6 is 11.6 Å². The fraction of sp³-hybridized carbons (Fsp3) is 0.600. The predicted octanol–water partition coefficient (Wildman–Crippen LogP) is 1.73. The maximum absolute atomic E-state index is 10.3. The molecule has 0 spiro atoms. The molecule has 5 heteroatoms. The molecule has 0 radical (unpaired) electrons. The molecule has 0 aromatic heterocycles. The first-order valence-electron chi connectivity index (χ1n) is 2.70. The van der Waals surface area contributed by atoms with E-state index in [1.54, 1.807) is 6.92 Å². The lowest BCUT2D eigenvalue weighted by atomic mass is 10.9. The minimum atomic E-state index is -0.845. The SMILES string of the molecule is CCOC(=O)O/N=C(\C)Cl. The molecule has 0 heterocycles. The highest BCUT2D eigenvalue weighted by molar-refractivity contribution is 6.64. The number of hydrogen-bond acceptors (Lipinski definition) is 4. The standard InChI is InChI=1S/C5H8ClNO3/c1-3-9-5(8)10-7-4(2)6/h3H2,1-2H3/b7-4+. The maximum Gasteiger partial charge on any atom is 0.535 e. The van der Waals surface area contributed by atoms with Gasteiger partial charge in [0.2, 0.25) is 0 Å². The molecule has 0 aromatic carbocycles. The van der Waals surface area contributed by atoms with Crippen LogP contribution < -0.4 is 0 Å². The highest BCUT2D eigenvalue weighted by Gasteiger charge is 1.99. The molecule has 0 bridgehead atoms. The molecule has 10 heavy (non-hydrogen) atoms. The van der Waals surface area contributed by atoms with Crippen LogP contribution in [0.25, 0.3) is 0 Å². The summed E-state index contributed by atoms with van der Waals surface area (Å²) in [4.78, 5) is 14.5. The van der Waals surface area contributed by atoms with E-state index in [0.717, 1.165) is 0 Å². The Balaban J connectivity index is 3.49. The van der Waals surface area contributed by atoms with Crippen LogP contribution in [-0.4, -0.2) is 17.9 Å². The quantitative estimate of drug-likeness (QED) is 0.271. The molecule has 0 aliphatic heterocycles. The zero-order chi connectivity index (χ0) is 7.98. The maximum atomic E-state index is 10.3. The van der Waals surface area contributed by atoms with Crippen molar-refractivity contribution in [3.05, 3.63) is 0 Å². The van der Waals surface area contributed by atoms with E-state index >= 15 is 0 Å². The first-order valence-corrected chi connectivity index (χ1v) is 3.08. The summed E-state index contributed by atoms with van der Waals surface area (Å²) in [7, 11) is 0. The molecule has 58 valence electrons. The predicted molar refractivity (Wildman–Crippen MR) is 37.1 cm³/mol. The number of carbonyl (C=O) groups is 1. The smallest absolute Gasteiger partial charge is 0.433 e. The van der Waals surface area contributed by atoms with Crippen LogP contribution in [0.3, 0.4) is 0 Å². The Morgan fingerprint density at radius 3 is 2.70 bits per heavy atom. The second-order valence-corrected chi connectivity index (χ2v) is 1.91. The first kappa shape index (κ1) is 9.23. The third-order valence-electron chi connectivity index (χ3n) is 0.508. The van der Waals surface area contributed by atoms with Crippen molar-refractivity contribution >= 4 is 22.9 Å². The number of carbonyl (C=O) groups excluding carboxylic acids is 1. The van der Waals surface area contributed by atoms with Crippen molar-refractivity contribution in [2.75, 3.05) is 6.61 Å². The topological polar surface area (TPSA) is 47.9 Å². The minimum Gasteiger partial charge on any atom is -0.433 e. The van der Waals surface area contributed by atoms with Gasteiger partial charge in [-0.2, -0.15) is 0 Å². The summed E-state index contributed by atoms with van der Waals surface area (Å²) >= 11 is 5.24. The van der Waals surface area contributed by atoms with E-state index in [4.69, 9.17) is 11.6 Å². The molecule has 0 saturated carbocycles. The normalized spacial score (nSPS) is 10.9. The Bertz CT molecular complexity index is 142. The van der Waals surface area contributed by atoms with Gasteiger partial charge in [-0.1, -0.05) is 16.8 Å². The monoisotopic (exact) mass is 165 g/mol. The molecule has 0 aliphatic carbocycles. The van der Waals surface area contributed by atoms with Crippen molar-refractivity contribution in [2.45, 2.75) is 13.8 Å². The third-order valence-corrected chi connectivity index (χ3v) is 0.577. The van der Waals surface area contributed by atoms with Gasteiger partial charge in [-0.25, -0.2) is 4.79 Å². The molecule has 0 unspecified atom stereocenters. The van der Waals surface area contributed by atoms with E-state index in [2.05, 4.69) is 14.7 Å². The molecule has 0 atom stereocenters. The van der Waals surface area contributed by atoms with Gasteiger partial charge in [-0.15, -0.1) is 0 Å². The molecular formula is C5H8ClNO3. The molecule has 0 rings (SSSR count). The van der Waals surface area contributed by atoms with E-state index in [9.17, 15) is 4.79 Å². The highest BCUT2D eigenvalue weighted by Crippen LogP contribution is 1.89. The number of oxime groups is 1. The van der Waals surface area contributed by atoms with Gasteiger partial charge in [0.1, 0.15) is 5.17 Å². The molecule has 0 saturated heterocycles. The fourth-order valence-electron chi connectivity index (χ4n) is 0.244. The summed E-state index contributed by atoms with van der Waals surface area (Å²) in [5.41, 5.74) is 0. The van der Waals surface area contributed by atoms with Gasteiger partial charge in [0.15, 0.2) is 0 Å². The number of halogens is 1. The van der Waals surface area contributed by atoms with Gasteiger partial charge >= 0.3 is 6.16 Å². The molecule has 0 N–H and O–H groups in total. The number of hydrogen-bond donors (Lipinski definition) is 0. The second-order valence-electron chi connectivity index (χ2n) is 1.36. The van der Waals surface area contributed by atoms with Crippen LogP contribution in [0.1, 0.15) is 13.8 Å². The first-order chi connectivity index (χ1) is 4.66. The third kappa shape index (κ3) is 5.37. The summed E-state index contributed by atoms with van der Waals surface area (Å²) in [5.74, 6) is 0. The number of rotatable bonds is 2. The van der Waals surface area contributed by atoms with Crippen LogP contribution in [0, 0.1) is 0 Å². The van der Waals surface area contributed by atoms with Crippen molar-refractivity contribution < 1.29 is 14.4 Å². The van der Waals surface area contributed by atoms with Crippen molar-refractivity contribution in [1.82, 2.24) is 0 Å². The van der Waals surface area contributed by atoms with Crippen LogP contribution in [0.5, 0.6) is 0 Å². The Hall–Kier alpha value is -0.770. The lowest BCUT2D eigenvalue weighted by molar-refractivity contribution is 0.0615. The molecule has 0 aromatic rings. The zero-order valence-electron chi connectivity index (χ0n) is 5.76. The van der Waals surface area contributed by atoms with Gasteiger partial charge in [0.25, 0.3) is 0 Å². The van der Waals surface area contributed by atoms with Gasteiger partial charge in [0.05, 0.1) is 6.61 Å². The largest absolute Gasteiger partial charge is 0.535 e. The van der Waals surface area contributed by atoms with Crippen LogP contribution in [0.15, 0.2) is 5.16 Å². The van der Waals surface area contributed by atoms with E-state index in [1.807, 2.05) is 0 Å². The molecule has 0 fully saturated rings. The summed E-state index contributed by atoms with van der Waals surface area (Å²) in [5, 5.41) is 3.30. The second kappa shape index (κ2) is 5.05. The van der Waals surface area contributed by atoms with Crippen molar-refractivity contribution in [2.24, 2.45) is 5.16 Å². The lowest BCUT2D eigenvalue weighted by Crippen LogP contribution is -2.03. The van der Waals surface area contributed by atoms with Gasteiger partial charge in [0, 0.05) is 0 Å². The summed E-state index contributed by atoms with van der Waals surface area (Å²) in [6, 6.07) is 0. The molecular weight excluding hydrogens is 158 g/mol. The van der Waals surface area contributed by atoms with Crippen molar-refractivity contribution in [3.8, 4) is 0 Å². The number of nitrogens with zero attached hydrogens (tertiary/aromatic N) is 1. The lowest BCUT2D eigenvalue weighted by Gasteiger charge is -1.95. The highest BCUT2D eigenvalue weighted by atomic mass is 35.5. The summed E-state index contributed by atoms with van der Waals surface area (Å²) in [6.45, 7) is 3.41. The molecule has 0 amide bonds. The summed E-state index contributed by atoms with van der Waals surface area (Å²) in [6.07, 6.45) is -0.845. The van der Waals surface area contributed by atoms with Gasteiger partial charge in [-0.05, 0) is 13.8 Å². The molecule has 4 nitrogen and oxygen atoms in total. The van der Waals surface area contributed by atoms with Crippen molar-refractivity contribution in [3.63, 3.8) is 0 Å². The van der Waals surface area contributed by atoms with Crippen LogP contribution in [-0.2, 0) is 9.57 Å². The van der Waals surface area contributed by atoms with Gasteiger partial charge in [-0.3, -0.25) is 4.84 Å². The van der Waals surface area contributed by atoms with Crippen LogP contribution in [0.2, 0.25) is 0 Å².